The van der Waals surface area contributed by atoms with Gasteiger partial charge in [0, 0.05) is 42.7 Å². The summed E-state index contributed by atoms with van der Waals surface area (Å²) >= 11 is 0. The van der Waals surface area contributed by atoms with Gasteiger partial charge in [-0.3, -0.25) is 9.48 Å². The monoisotopic (exact) mass is 645 g/mol. The summed E-state index contributed by atoms with van der Waals surface area (Å²) in [6.45, 7) is 4.42. The van der Waals surface area contributed by atoms with E-state index in [1.165, 1.54) is 26.1 Å². The number of nitrogens with one attached hydrogen (secondary N) is 1. The van der Waals surface area contributed by atoms with E-state index in [1.54, 1.807) is 30.8 Å². The van der Waals surface area contributed by atoms with Crippen LogP contribution < -0.4 is 9.46 Å². The average Bonchev–Trinajstić information content (AvgIpc) is 3.48. The lowest BCUT2D eigenvalue weighted by Crippen LogP contribution is -2.39. The van der Waals surface area contributed by atoms with Crippen LogP contribution in [0.15, 0.2) is 36.4 Å². The molecule has 0 saturated heterocycles. The molecule has 2 aliphatic rings. The molecular weight excluding hydrogens is 606 g/mol. The van der Waals surface area contributed by atoms with Crippen LogP contribution in [0.1, 0.15) is 88.2 Å². The van der Waals surface area contributed by atoms with Gasteiger partial charge >= 0.3 is 16.2 Å². The molecular formula is C34H39N5O6S. The SMILES string of the molecule is CCn1nc(C)c(C(=O)O)c1C1=Cc2cc(OC)ccc2-c2c(C3CCCCC3)c3ccc(C(=O)NS(=O)(=O)N(C)C)cc3n2C1. The third-order valence-corrected chi connectivity index (χ3v) is 10.6. The number of methoxy groups -OCH3 is 1. The first-order valence-electron chi connectivity index (χ1n) is 15.6. The first kappa shape index (κ1) is 31.6. The van der Waals surface area contributed by atoms with E-state index < -0.39 is 22.1 Å². The molecule has 1 aliphatic carbocycles. The highest BCUT2D eigenvalue weighted by molar-refractivity contribution is 7.87. The van der Waals surface area contributed by atoms with Gasteiger partial charge in [0.15, 0.2) is 0 Å². The van der Waals surface area contributed by atoms with Gasteiger partial charge in [-0.05, 0) is 85.7 Å². The smallest absolute Gasteiger partial charge is 0.339 e. The summed E-state index contributed by atoms with van der Waals surface area (Å²) in [4.78, 5) is 25.9. The molecule has 2 N–H and O–H groups in total. The number of aryl methyl sites for hydroxylation is 2. The van der Waals surface area contributed by atoms with Gasteiger partial charge in [-0.2, -0.15) is 17.8 Å². The normalized spacial score (nSPS) is 15.3. The molecule has 12 heteroatoms. The van der Waals surface area contributed by atoms with Crippen molar-refractivity contribution in [3.05, 3.63) is 70.0 Å². The fourth-order valence-corrected chi connectivity index (χ4v) is 7.52. The van der Waals surface area contributed by atoms with Crippen molar-refractivity contribution in [2.24, 2.45) is 0 Å². The van der Waals surface area contributed by atoms with E-state index in [4.69, 9.17) is 4.74 Å². The lowest BCUT2D eigenvalue weighted by atomic mass is 9.81. The summed E-state index contributed by atoms with van der Waals surface area (Å²) in [7, 11) is 0.332. The quantitative estimate of drug-likeness (QED) is 0.252. The molecule has 0 radical (unpaired) electrons. The minimum atomic E-state index is -4.00. The number of carboxylic acids is 1. The van der Waals surface area contributed by atoms with Gasteiger partial charge in [-0.15, -0.1) is 0 Å². The van der Waals surface area contributed by atoms with Crippen LogP contribution in [0.25, 0.3) is 33.8 Å². The highest BCUT2D eigenvalue weighted by Gasteiger charge is 2.32. The Bertz CT molecular complexity index is 2010. The number of hydrogen-bond donors (Lipinski definition) is 2. The largest absolute Gasteiger partial charge is 0.497 e. The average molecular weight is 646 g/mol. The van der Waals surface area contributed by atoms with Crippen molar-refractivity contribution in [3.8, 4) is 17.0 Å². The van der Waals surface area contributed by atoms with Crippen molar-refractivity contribution in [1.29, 1.82) is 0 Å². The van der Waals surface area contributed by atoms with E-state index in [2.05, 4.69) is 14.4 Å². The number of allylic oxidation sites excluding steroid dienone is 1. The second-order valence-electron chi connectivity index (χ2n) is 12.2. The molecule has 4 aromatic rings. The van der Waals surface area contributed by atoms with E-state index in [0.29, 0.717) is 30.2 Å². The fraction of sp³-hybridized carbons (Fsp3) is 0.382. The molecule has 1 amide bonds. The molecule has 2 aromatic carbocycles. The number of benzene rings is 2. The van der Waals surface area contributed by atoms with Crippen molar-refractivity contribution < 1.29 is 27.9 Å². The summed E-state index contributed by atoms with van der Waals surface area (Å²) in [6.07, 6.45) is 7.52. The first-order valence-corrected chi connectivity index (χ1v) is 17.0. The highest BCUT2D eigenvalue weighted by atomic mass is 32.2. The van der Waals surface area contributed by atoms with Crippen LogP contribution in [0.3, 0.4) is 0 Å². The standard InChI is InChI=1S/C34H39N5O6S/c1-6-39-31(29(34(41)42)20(2)35-39)24-16-23-17-25(45-5)13-15-26(23)32-30(21-10-8-7-9-11-21)27-14-12-22(18-28(27)38(32)19-24)33(40)36-46(43,44)37(3)4/h12-18,21H,6-11,19H2,1-5H3,(H,36,40)(H,41,42). The summed E-state index contributed by atoms with van der Waals surface area (Å²) in [5, 5.41) is 15.9. The maximum atomic E-state index is 13.3. The summed E-state index contributed by atoms with van der Waals surface area (Å²) in [5.41, 5.74) is 6.93. The molecule has 0 spiro atoms. The number of aromatic carboxylic acids is 1. The van der Waals surface area contributed by atoms with Crippen molar-refractivity contribution in [2.45, 2.75) is 65.0 Å². The Morgan fingerprint density at radius 1 is 1.09 bits per heavy atom. The molecule has 0 unspecified atom stereocenters. The maximum Gasteiger partial charge on any atom is 0.339 e. The number of carbonyl (C=O) groups excluding carboxylic acids is 1. The predicted octanol–water partition coefficient (Wildman–Crippen LogP) is 5.68. The van der Waals surface area contributed by atoms with Crippen LogP contribution in [0.5, 0.6) is 5.75 Å². The Kier molecular flexibility index (Phi) is 8.28. The number of amides is 1. The Morgan fingerprint density at radius 2 is 1.83 bits per heavy atom. The third-order valence-electron chi connectivity index (χ3n) is 9.20. The lowest BCUT2D eigenvalue weighted by Gasteiger charge is -2.24. The van der Waals surface area contributed by atoms with Gasteiger partial charge in [0.05, 0.1) is 30.7 Å². The summed E-state index contributed by atoms with van der Waals surface area (Å²) in [6, 6.07) is 11.3. The minimum absolute atomic E-state index is 0.152. The minimum Gasteiger partial charge on any atom is -0.497 e. The number of carbonyl (C=O) groups is 2. The zero-order valence-corrected chi connectivity index (χ0v) is 27.6. The zero-order valence-electron chi connectivity index (χ0n) is 26.8. The Morgan fingerprint density at radius 3 is 2.48 bits per heavy atom. The molecule has 6 rings (SSSR count). The van der Waals surface area contributed by atoms with Crippen LogP contribution in [0.2, 0.25) is 0 Å². The molecule has 3 heterocycles. The topological polar surface area (TPSA) is 136 Å². The van der Waals surface area contributed by atoms with Crippen LogP contribution in [0.4, 0.5) is 0 Å². The van der Waals surface area contributed by atoms with Crippen molar-refractivity contribution in [1.82, 2.24) is 23.4 Å². The van der Waals surface area contributed by atoms with E-state index in [-0.39, 0.29) is 17.0 Å². The molecule has 1 aliphatic heterocycles. The molecule has 242 valence electrons. The number of hydrogen-bond acceptors (Lipinski definition) is 6. The van der Waals surface area contributed by atoms with Gasteiger partial charge in [0.2, 0.25) is 0 Å². The molecule has 0 atom stereocenters. The number of rotatable bonds is 8. The number of carboxylic acid groups (broad SMARTS) is 1. The first-order chi connectivity index (χ1) is 21.9. The van der Waals surface area contributed by atoms with E-state index in [9.17, 15) is 23.1 Å². The van der Waals surface area contributed by atoms with Gasteiger partial charge in [0.1, 0.15) is 11.3 Å². The third kappa shape index (κ3) is 5.39. The molecule has 46 heavy (non-hydrogen) atoms. The van der Waals surface area contributed by atoms with Crippen molar-refractivity contribution >= 4 is 44.6 Å². The second-order valence-corrected chi connectivity index (χ2v) is 14.1. The molecule has 11 nitrogen and oxygen atoms in total. The molecule has 0 bridgehead atoms. The van der Waals surface area contributed by atoms with Crippen LogP contribution in [-0.4, -0.2) is 65.3 Å². The second kappa shape index (κ2) is 12.1. The van der Waals surface area contributed by atoms with Crippen LogP contribution >= 0.6 is 0 Å². The molecule has 2 aromatic heterocycles. The number of aromatic nitrogens is 3. The van der Waals surface area contributed by atoms with Gasteiger partial charge < -0.3 is 14.4 Å². The van der Waals surface area contributed by atoms with E-state index >= 15 is 0 Å². The van der Waals surface area contributed by atoms with Crippen LogP contribution in [-0.2, 0) is 23.3 Å². The van der Waals surface area contributed by atoms with Gasteiger partial charge in [0.25, 0.3) is 5.91 Å². The molecule has 1 fully saturated rings. The van der Waals surface area contributed by atoms with Crippen molar-refractivity contribution in [3.63, 3.8) is 0 Å². The fourth-order valence-electron chi connectivity index (χ4n) is 6.99. The van der Waals surface area contributed by atoms with Gasteiger partial charge in [-0.25, -0.2) is 9.52 Å². The van der Waals surface area contributed by atoms with Gasteiger partial charge in [-0.1, -0.05) is 25.3 Å². The van der Waals surface area contributed by atoms with Crippen molar-refractivity contribution in [2.75, 3.05) is 21.2 Å². The van der Waals surface area contributed by atoms with Crippen LogP contribution in [0, 0.1) is 6.92 Å². The Hall–Kier alpha value is -4.42. The summed E-state index contributed by atoms with van der Waals surface area (Å²) in [5.74, 6) is -0.814. The Labute approximate surface area is 268 Å². The van der Waals surface area contributed by atoms with E-state index in [1.807, 2.05) is 37.3 Å². The highest BCUT2D eigenvalue weighted by Crippen LogP contribution is 2.48. The zero-order chi connectivity index (χ0) is 32.9. The number of ether oxygens (including phenoxy) is 1. The number of fused-ring (bicyclic) bond motifs is 5. The number of nitrogens with zero attached hydrogens (tertiary/aromatic N) is 4. The Balaban J connectivity index is 1.66. The predicted molar refractivity (Wildman–Crippen MR) is 177 cm³/mol. The van der Waals surface area contributed by atoms with E-state index in [0.717, 1.165) is 63.3 Å². The lowest BCUT2D eigenvalue weighted by molar-refractivity contribution is 0.0695. The summed E-state index contributed by atoms with van der Waals surface area (Å²) < 4.78 is 37.7. The maximum absolute atomic E-state index is 13.3. The molecule has 1 saturated carbocycles.